The molecule has 0 saturated carbocycles. The number of likely N-dealkylation sites (tertiary alicyclic amines) is 1. The first kappa shape index (κ1) is 23.2. The van der Waals surface area contributed by atoms with Crippen molar-refractivity contribution in [1.82, 2.24) is 14.8 Å². The van der Waals surface area contributed by atoms with E-state index in [-0.39, 0.29) is 6.09 Å². The average Bonchev–Trinajstić information content (AvgIpc) is 3.10. The average molecular weight is 456 g/mol. The molecule has 0 unspecified atom stereocenters. The first-order chi connectivity index (χ1) is 15.1. The van der Waals surface area contributed by atoms with Crippen molar-refractivity contribution in [2.24, 2.45) is 17.8 Å². The van der Waals surface area contributed by atoms with E-state index in [0.717, 1.165) is 29.6 Å². The van der Waals surface area contributed by atoms with Crippen molar-refractivity contribution >= 4 is 33.3 Å². The van der Waals surface area contributed by atoms with Gasteiger partial charge in [0.2, 0.25) is 0 Å². The van der Waals surface area contributed by atoms with Gasteiger partial charge >= 0.3 is 6.09 Å². The number of ether oxygens (including phenoxy) is 1. The number of allylic oxidation sites excluding steroid dienone is 1. The first-order valence-electron chi connectivity index (χ1n) is 11.9. The number of aromatic nitrogens is 1. The molecule has 0 spiro atoms. The lowest BCUT2D eigenvalue weighted by Crippen LogP contribution is -2.39. The molecule has 1 fully saturated rings. The van der Waals surface area contributed by atoms with Crippen LogP contribution in [0.5, 0.6) is 0 Å². The SMILES string of the molecule is C[C@H]1CC=C(c2ccc3sc(C[C@@H]4CCN(C)C[C@H]4C)nc3c2)N(C(=O)OC(C)(C)C)C1. The fraction of sp³-hybridized carbons (Fsp3) is 0.615. The van der Waals surface area contributed by atoms with Gasteiger partial charge in [0.1, 0.15) is 5.60 Å². The van der Waals surface area contributed by atoms with Crippen LogP contribution >= 0.6 is 11.3 Å². The maximum atomic E-state index is 12.9. The Labute approximate surface area is 196 Å². The highest BCUT2D eigenvalue weighted by molar-refractivity contribution is 7.18. The van der Waals surface area contributed by atoms with Gasteiger partial charge in [0.15, 0.2) is 0 Å². The van der Waals surface area contributed by atoms with E-state index in [1.165, 1.54) is 29.2 Å². The van der Waals surface area contributed by atoms with Gasteiger partial charge in [0.05, 0.1) is 20.9 Å². The molecule has 6 heteroatoms. The van der Waals surface area contributed by atoms with E-state index in [1.807, 2.05) is 32.1 Å². The number of carbonyl (C=O) groups excluding carboxylic acids is 1. The lowest BCUT2D eigenvalue weighted by atomic mass is 9.85. The van der Waals surface area contributed by atoms with Gasteiger partial charge in [-0.05, 0) is 77.1 Å². The van der Waals surface area contributed by atoms with Crippen molar-refractivity contribution < 1.29 is 9.53 Å². The quantitative estimate of drug-likeness (QED) is 0.566. The Morgan fingerprint density at radius 1 is 1.25 bits per heavy atom. The number of rotatable bonds is 3. The van der Waals surface area contributed by atoms with Crippen molar-refractivity contribution in [3.05, 3.63) is 34.8 Å². The molecule has 0 radical (unpaired) electrons. The van der Waals surface area contributed by atoms with Gasteiger partial charge in [0.25, 0.3) is 0 Å². The normalized spacial score (nSPS) is 25.1. The molecule has 1 amide bonds. The minimum Gasteiger partial charge on any atom is -0.443 e. The number of carbonyl (C=O) groups is 1. The van der Waals surface area contributed by atoms with Crippen LogP contribution in [-0.4, -0.2) is 53.2 Å². The molecule has 3 atom stereocenters. The topological polar surface area (TPSA) is 45.7 Å². The summed E-state index contributed by atoms with van der Waals surface area (Å²) in [5.41, 5.74) is 2.51. The second kappa shape index (κ2) is 9.14. The van der Waals surface area contributed by atoms with E-state index in [4.69, 9.17) is 9.72 Å². The van der Waals surface area contributed by atoms with E-state index in [2.05, 4.69) is 50.1 Å². The zero-order chi connectivity index (χ0) is 23.0. The number of nitrogens with zero attached hydrogens (tertiary/aromatic N) is 3. The summed E-state index contributed by atoms with van der Waals surface area (Å²) in [5.74, 6) is 1.82. The molecular weight excluding hydrogens is 418 g/mol. The van der Waals surface area contributed by atoms with Gasteiger partial charge in [-0.15, -0.1) is 11.3 Å². The molecular formula is C26H37N3O2S. The molecule has 2 aromatic rings. The van der Waals surface area contributed by atoms with Crippen LogP contribution in [0.2, 0.25) is 0 Å². The van der Waals surface area contributed by atoms with Gasteiger partial charge in [0, 0.05) is 25.1 Å². The number of hydrogen-bond acceptors (Lipinski definition) is 5. The summed E-state index contributed by atoms with van der Waals surface area (Å²) < 4.78 is 6.92. The van der Waals surface area contributed by atoms with Crippen LogP contribution in [0.1, 0.15) is 58.0 Å². The van der Waals surface area contributed by atoms with E-state index in [1.54, 1.807) is 4.90 Å². The van der Waals surface area contributed by atoms with Crippen LogP contribution in [0, 0.1) is 17.8 Å². The molecule has 0 N–H and O–H groups in total. The predicted molar refractivity (Wildman–Crippen MR) is 133 cm³/mol. The molecule has 0 bridgehead atoms. The summed E-state index contributed by atoms with van der Waals surface area (Å²) >= 11 is 1.82. The highest BCUT2D eigenvalue weighted by atomic mass is 32.1. The minimum atomic E-state index is -0.512. The Morgan fingerprint density at radius 3 is 2.75 bits per heavy atom. The lowest BCUT2D eigenvalue weighted by molar-refractivity contribution is 0.0327. The molecule has 174 valence electrons. The van der Waals surface area contributed by atoms with Gasteiger partial charge in [-0.1, -0.05) is 26.0 Å². The maximum Gasteiger partial charge on any atom is 0.414 e. The van der Waals surface area contributed by atoms with E-state index < -0.39 is 5.60 Å². The lowest BCUT2D eigenvalue weighted by Gasteiger charge is -2.34. The fourth-order valence-electron chi connectivity index (χ4n) is 4.82. The summed E-state index contributed by atoms with van der Waals surface area (Å²) in [5, 5.41) is 1.23. The Kier molecular flexibility index (Phi) is 6.64. The third-order valence-corrected chi connectivity index (χ3v) is 7.62. The van der Waals surface area contributed by atoms with Gasteiger partial charge in [-0.25, -0.2) is 9.78 Å². The Morgan fingerprint density at radius 2 is 2.03 bits per heavy atom. The zero-order valence-electron chi connectivity index (χ0n) is 20.4. The molecule has 0 aliphatic carbocycles. The first-order valence-corrected chi connectivity index (χ1v) is 12.7. The van der Waals surface area contributed by atoms with Crippen LogP contribution in [0.15, 0.2) is 24.3 Å². The molecule has 5 nitrogen and oxygen atoms in total. The highest BCUT2D eigenvalue weighted by Crippen LogP contribution is 2.34. The molecule has 2 aliphatic rings. The molecule has 32 heavy (non-hydrogen) atoms. The van der Waals surface area contributed by atoms with Crippen molar-refractivity contribution in [3.8, 4) is 0 Å². The third kappa shape index (κ3) is 5.34. The summed E-state index contributed by atoms with van der Waals surface area (Å²) in [6.45, 7) is 13.3. The van der Waals surface area contributed by atoms with E-state index in [0.29, 0.717) is 24.3 Å². The monoisotopic (exact) mass is 455 g/mol. The summed E-state index contributed by atoms with van der Waals surface area (Å²) in [7, 11) is 2.22. The van der Waals surface area contributed by atoms with Crippen LogP contribution in [-0.2, 0) is 11.2 Å². The molecule has 4 rings (SSSR count). The number of benzene rings is 1. The van der Waals surface area contributed by atoms with Crippen LogP contribution in [0.3, 0.4) is 0 Å². The minimum absolute atomic E-state index is 0.273. The molecule has 2 aliphatic heterocycles. The second-order valence-electron chi connectivity index (χ2n) is 10.8. The standard InChI is InChI=1S/C26H37N3O2S/c1-17-7-9-22(29(15-17)25(30)31-26(3,4)5)20-8-10-23-21(13-20)27-24(32-23)14-19-11-12-28(6)16-18(19)2/h8-10,13,17-19H,7,11-12,14-16H2,1-6H3/t17-,18+,19-/m0/s1. The number of piperidine rings is 1. The zero-order valence-corrected chi connectivity index (χ0v) is 21.2. The fourth-order valence-corrected chi connectivity index (χ4v) is 5.86. The number of thiazole rings is 1. The Bertz CT molecular complexity index is 1010. The summed E-state index contributed by atoms with van der Waals surface area (Å²) in [6.07, 6.45) is 5.17. The number of hydrogen-bond donors (Lipinski definition) is 0. The van der Waals surface area contributed by atoms with Gasteiger partial charge < -0.3 is 9.64 Å². The molecule has 1 saturated heterocycles. The van der Waals surface area contributed by atoms with Crippen LogP contribution in [0.25, 0.3) is 15.9 Å². The van der Waals surface area contributed by atoms with E-state index in [9.17, 15) is 4.79 Å². The van der Waals surface area contributed by atoms with E-state index >= 15 is 0 Å². The van der Waals surface area contributed by atoms with Crippen LogP contribution < -0.4 is 0 Å². The largest absolute Gasteiger partial charge is 0.443 e. The maximum absolute atomic E-state index is 12.9. The van der Waals surface area contributed by atoms with Gasteiger partial charge in [-0.2, -0.15) is 0 Å². The number of amides is 1. The smallest absolute Gasteiger partial charge is 0.414 e. The van der Waals surface area contributed by atoms with Crippen LogP contribution in [0.4, 0.5) is 4.79 Å². The highest BCUT2D eigenvalue weighted by Gasteiger charge is 2.30. The van der Waals surface area contributed by atoms with Crippen molar-refractivity contribution in [2.45, 2.75) is 59.5 Å². The number of fused-ring (bicyclic) bond motifs is 1. The third-order valence-electron chi connectivity index (χ3n) is 6.56. The molecule has 1 aromatic carbocycles. The Hall–Kier alpha value is -1.92. The van der Waals surface area contributed by atoms with Crippen molar-refractivity contribution in [1.29, 1.82) is 0 Å². The van der Waals surface area contributed by atoms with Gasteiger partial charge in [-0.3, -0.25) is 4.90 Å². The molecule has 3 heterocycles. The second-order valence-corrected chi connectivity index (χ2v) is 11.9. The summed E-state index contributed by atoms with van der Waals surface area (Å²) in [4.78, 5) is 22.2. The van der Waals surface area contributed by atoms with Crippen molar-refractivity contribution in [2.75, 3.05) is 26.7 Å². The molecule has 1 aromatic heterocycles. The summed E-state index contributed by atoms with van der Waals surface area (Å²) in [6, 6.07) is 6.43. The van der Waals surface area contributed by atoms with Crippen molar-refractivity contribution in [3.63, 3.8) is 0 Å². The Balaban J connectivity index is 1.56. The predicted octanol–water partition coefficient (Wildman–Crippen LogP) is 6.04.